The van der Waals surface area contributed by atoms with E-state index in [2.05, 4.69) is 15.0 Å². The molecule has 0 bridgehead atoms. The highest BCUT2D eigenvalue weighted by atomic mass is 16.5. The van der Waals surface area contributed by atoms with Crippen LogP contribution in [0.1, 0.15) is 26.6 Å². The molecule has 1 rings (SSSR count). The second kappa shape index (κ2) is 4.74. The third-order valence-corrected chi connectivity index (χ3v) is 1.48. The molecule has 1 aromatic rings. The number of aryl methyl sites for hydroxylation is 1. The molecule has 0 aromatic carbocycles. The van der Waals surface area contributed by atoms with Crippen molar-refractivity contribution in [2.75, 3.05) is 7.11 Å². The Hall–Kier alpha value is -1.39. The maximum atomic E-state index is 5.36. The number of nitrogens with zero attached hydrogens (tertiary/aromatic N) is 3. The molecule has 0 aliphatic rings. The summed E-state index contributed by atoms with van der Waals surface area (Å²) in [5.41, 5.74) is 0. The van der Waals surface area contributed by atoms with Gasteiger partial charge in [0.25, 0.3) is 0 Å². The fourth-order valence-electron chi connectivity index (χ4n) is 0.891. The molecule has 0 saturated carbocycles. The molecule has 0 atom stereocenters. The molecule has 1 aromatic heterocycles. The van der Waals surface area contributed by atoms with Gasteiger partial charge in [0.15, 0.2) is 0 Å². The van der Waals surface area contributed by atoms with Gasteiger partial charge in [0.1, 0.15) is 5.82 Å². The van der Waals surface area contributed by atoms with Crippen LogP contribution in [0.2, 0.25) is 0 Å². The molecule has 5 heteroatoms. The van der Waals surface area contributed by atoms with Crippen molar-refractivity contribution in [1.82, 2.24) is 15.0 Å². The summed E-state index contributed by atoms with van der Waals surface area (Å²) in [6.07, 6.45) is 0.777. The van der Waals surface area contributed by atoms with Crippen LogP contribution in [0, 0.1) is 0 Å². The Morgan fingerprint density at radius 2 is 1.79 bits per heavy atom. The molecule has 14 heavy (non-hydrogen) atoms. The highest BCUT2D eigenvalue weighted by Gasteiger charge is 2.07. The topological polar surface area (TPSA) is 57.1 Å². The standard InChI is InChI=1S/C9H15N3O2/c1-5-7-10-8(13-4)12-9(11-7)14-6(2)3/h6H,5H2,1-4H3. The van der Waals surface area contributed by atoms with Gasteiger partial charge in [0.05, 0.1) is 13.2 Å². The first-order chi connectivity index (χ1) is 6.65. The summed E-state index contributed by atoms with van der Waals surface area (Å²) < 4.78 is 10.3. The molecule has 5 nitrogen and oxygen atoms in total. The number of hydrogen-bond acceptors (Lipinski definition) is 5. The van der Waals surface area contributed by atoms with Crippen molar-refractivity contribution >= 4 is 0 Å². The van der Waals surface area contributed by atoms with Crippen LogP contribution in [0.3, 0.4) is 0 Å². The van der Waals surface area contributed by atoms with Crippen molar-refractivity contribution in [1.29, 1.82) is 0 Å². The van der Waals surface area contributed by atoms with E-state index in [1.54, 1.807) is 0 Å². The second-order valence-corrected chi connectivity index (χ2v) is 3.04. The summed E-state index contributed by atoms with van der Waals surface area (Å²) in [5, 5.41) is 0. The molecule has 0 aliphatic heterocycles. The SMILES string of the molecule is CCc1nc(OC)nc(OC(C)C)n1. The van der Waals surface area contributed by atoms with Gasteiger partial charge in [-0.05, 0) is 13.8 Å². The third kappa shape index (κ3) is 2.83. The highest BCUT2D eigenvalue weighted by Crippen LogP contribution is 2.10. The van der Waals surface area contributed by atoms with Crippen LogP contribution in [0.4, 0.5) is 0 Å². The van der Waals surface area contributed by atoms with Gasteiger partial charge in [-0.2, -0.15) is 9.97 Å². The molecule has 0 radical (unpaired) electrons. The average Bonchev–Trinajstić information content (AvgIpc) is 2.16. The van der Waals surface area contributed by atoms with Crippen molar-refractivity contribution in [2.24, 2.45) is 0 Å². The first kappa shape index (κ1) is 10.7. The van der Waals surface area contributed by atoms with Crippen molar-refractivity contribution in [3.05, 3.63) is 5.82 Å². The zero-order valence-corrected chi connectivity index (χ0v) is 8.94. The number of ether oxygens (including phenoxy) is 2. The zero-order valence-electron chi connectivity index (χ0n) is 8.94. The van der Waals surface area contributed by atoms with Crippen LogP contribution >= 0.6 is 0 Å². The summed E-state index contributed by atoms with van der Waals surface area (Å²) in [4.78, 5) is 12.1. The lowest BCUT2D eigenvalue weighted by atomic mass is 10.4. The minimum Gasteiger partial charge on any atom is -0.467 e. The maximum Gasteiger partial charge on any atom is 0.323 e. The van der Waals surface area contributed by atoms with Gasteiger partial charge >= 0.3 is 12.0 Å². The molecule has 0 unspecified atom stereocenters. The Bertz CT molecular complexity index is 280. The maximum absolute atomic E-state index is 5.36. The molecule has 1 heterocycles. The molecule has 0 N–H and O–H groups in total. The minimum atomic E-state index is 0.0480. The van der Waals surface area contributed by atoms with Gasteiger partial charge in [-0.3, -0.25) is 0 Å². The molecular weight excluding hydrogens is 182 g/mol. The lowest BCUT2D eigenvalue weighted by Crippen LogP contribution is -2.11. The van der Waals surface area contributed by atoms with Gasteiger partial charge in [-0.25, -0.2) is 0 Å². The Morgan fingerprint density at radius 3 is 2.29 bits per heavy atom. The predicted octanol–water partition coefficient (Wildman–Crippen LogP) is 1.23. The fourth-order valence-corrected chi connectivity index (χ4v) is 0.891. The van der Waals surface area contributed by atoms with Gasteiger partial charge < -0.3 is 9.47 Å². The van der Waals surface area contributed by atoms with Crippen LogP contribution in [0.25, 0.3) is 0 Å². The first-order valence-electron chi connectivity index (χ1n) is 4.61. The molecule has 0 amide bonds. The van der Waals surface area contributed by atoms with Gasteiger partial charge in [-0.1, -0.05) is 6.92 Å². The van der Waals surface area contributed by atoms with Crippen LogP contribution in [0.15, 0.2) is 0 Å². The molecule has 0 spiro atoms. The fraction of sp³-hybridized carbons (Fsp3) is 0.667. The van der Waals surface area contributed by atoms with E-state index in [4.69, 9.17) is 9.47 Å². The normalized spacial score (nSPS) is 10.4. The van der Waals surface area contributed by atoms with Crippen LogP contribution in [-0.4, -0.2) is 28.2 Å². The zero-order chi connectivity index (χ0) is 10.6. The predicted molar refractivity (Wildman–Crippen MR) is 51.5 cm³/mol. The smallest absolute Gasteiger partial charge is 0.323 e. The molecule has 0 saturated heterocycles. The number of methoxy groups -OCH3 is 1. The van der Waals surface area contributed by atoms with E-state index in [1.165, 1.54) is 7.11 Å². The van der Waals surface area contributed by atoms with E-state index >= 15 is 0 Å². The number of rotatable bonds is 4. The van der Waals surface area contributed by atoms with Crippen molar-refractivity contribution in [3.63, 3.8) is 0 Å². The Labute approximate surface area is 83.5 Å². The number of aromatic nitrogens is 3. The monoisotopic (exact) mass is 197 g/mol. The second-order valence-electron chi connectivity index (χ2n) is 3.04. The quantitative estimate of drug-likeness (QED) is 0.726. The first-order valence-corrected chi connectivity index (χ1v) is 4.61. The van der Waals surface area contributed by atoms with Crippen LogP contribution < -0.4 is 9.47 Å². The highest BCUT2D eigenvalue weighted by molar-refractivity contribution is 5.05. The van der Waals surface area contributed by atoms with Crippen molar-refractivity contribution < 1.29 is 9.47 Å². The van der Waals surface area contributed by atoms with Crippen molar-refractivity contribution in [3.8, 4) is 12.0 Å². The lowest BCUT2D eigenvalue weighted by Gasteiger charge is -2.08. The third-order valence-electron chi connectivity index (χ3n) is 1.48. The summed E-state index contributed by atoms with van der Waals surface area (Å²) in [5.74, 6) is 0.674. The van der Waals surface area contributed by atoms with Gasteiger partial charge in [0.2, 0.25) is 0 Å². The molecule has 0 aliphatic carbocycles. The lowest BCUT2D eigenvalue weighted by molar-refractivity contribution is 0.215. The van der Waals surface area contributed by atoms with Gasteiger partial charge in [0, 0.05) is 6.42 Å². The molecular formula is C9H15N3O2. The number of hydrogen-bond donors (Lipinski definition) is 0. The summed E-state index contributed by atoms with van der Waals surface area (Å²) in [7, 11) is 1.52. The Morgan fingerprint density at radius 1 is 1.14 bits per heavy atom. The van der Waals surface area contributed by atoms with Crippen molar-refractivity contribution in [2.45, 2.75) is 33.3 Å². The van der Waals surface area contributed by atoms with E-state index in [1.807, 2.05) is 20.8 Å². The largest absolute Gasteiger partial charge is 0.467 e. The molecule has 78 valence electrons. The van der Waals surface area contributed by atoms with E-state index in [0.29, 0.717) is 17.8 Å². The van der Waals surface area contributed by atoms with E-state index in [9.17, 15) is 0 Å². The van der Waals surface area contributed by atoms with E-state index < -0.39 is 0 Å². The average molecular weight is 197 g/mol. The minimum absolute atomic E-state index is 0.0480. The Balaban J connectivity index is 2.92. The molecule has 0 fully saturated rings. The van der Waals surface area contributed by atoms with Crippen LogP contribution in [-0.2, 0) is 6.42 Å². The Kier molecular flexibility index (Phi) is 3.62. The summed E-state index contributed by atoms with van der Waals surface area (Å²) >= 11 is 0. The van der Waals surface area contributed by atoms with E-state index in [-0.39, 0.29) is 6.10 Å². The summed E-state index contributed by atoms with van der Waals surface area (Å²) in [6.45, 7) is 5.80. The van der Waals surface area contributed by atoms with E-state index in [0.717, 1.165) is 6.42 Å². The summed E-state index contributed by atoms with van der Waals surface area (Å²) in [6, 6.07) is 0.621. The van der Waals surface area contributed by atoms with Gasteiger partial charge in [-0.15, -0.1) is 4.98 Å². The van der Waals surface area contributed by atoms with Crippen LogP contribution in [0.5, 0.6) is 12.0 Å².